The summed E-state index contributed by atoms with van der Waals surface area (Å²) in [4.78, 5) is 0. The molecule has 1 fully saturated rings. The summed E-state index contributed by atoms with van der Waals surface area (Å²) >= 11 is 0. The van der Waals surface area contributed by atoms with Crippen LogP contribution in [-0.4, -0.2) is 16.7 Å². The first-order valence-corrected chi connectivity index (χ1v) is 5.92. The molecule has 1 saturated carbocycles. The topological polar surface area (TPSA) is 54.7 Å². The lowest BCUT2D eigenvalue weighted by atomic mass is 10.0. The minimum atomic E-state index is 0.361. The van der Waals surface area contributed by atoms with Crippen LogP contribution in [0.5, 0.6) is 0 Å². The van der Waals surface area contributed by atoms with Gasteiger partial charge in [-0.15, -0.1) is 0 Å². The van der Waals surface area contributed by atoms with Crippen LogP contribution in [0.1, 0.15) is 43.1 Å². The predicted octanol–water partition coefficient (Wildman–Crippen LogP) is 1.60. The molecule has 1 aromatic heterocycles. The molecule has 2 unspecified atom stereocenters. The van der Waals surface area contributed by atoms with Gasteiger partial charge in [-0.05, 0) is 42.7 Å². The first-order chi connectivity index (χ1) is 7.16. The summed E-state index contributed by atoms with van der Waals surface area (Å²) in [5.74, 6) is 1.23. The van der Waals surface area contributed by atoms with E-state index < -0.39 is 0 Å². The summed E-state index contributed by atoms with van der Waals surface area (Å²) in [6, 6.07) is 0. The highest BCUT2D eigenvalue weighted by molar-refractivity contribution is 5.38. The zero-order valence-corrected chi connectivity index (χ0v) is 9.51. The van der Waals surface area contributed by atoms with E-state index in [4.69, 9.17) is 5.73 Å². The largest absolute Gasteiger partial charge is 0.330 e. The first-order valence-electron chi connectivity index (χ1n) is 5.92. The van der Waals surface area contributed by atoms with Crippen LogP contribution in [0.4, 0.5) is 0 Å². The van der Waals surface area contributed by atoms with Gasteiger partial charge in [0, 0.05) is 11.6 Å². The summed E-state index contributed by atoms with van der Waals surface area (Å²) in [5, 5.41) is 7.71. The lowest BCUT2D eigenvalue weighted by Crippen LogP contribution is -2.05. The van der Waals surface area contributed by atoms with E-state index in [9.17, 15) is 0 Å². The SMILES string of the molecule is CC1(C)C(CN)C1c1n[nH]c2c1CCC2. The Morgan fingerprint density at radius 3 is 2.93 bits per heavy atom. The highest BCUT2D eigenvalue weighted by atomic mass is 15.1. The van der Waals surface area contributed by atoms with Crippen molar-refractivity contribution in [2.24, 2.45) is 17.1 Å². The quantitative estimate of drug-likeness (QED) is 0.770. The second-order valence-electron chi connectivity index (χ2n) is 5.56. The fraction of sp³-hybridized carbons (Fsp3) is 0.750. The fourth-order valence-corrected chi connectivity index (χ4v) is 3.33. The van der Waals surface area contributed by atoms with Gasteiger partial charge < -0.3 is 5.73 Å². The van der Waals surface area contributed by atoms with Crippen molar-refractivity contribution >= 4 is 0 Å². The van der Waals surface area contributed by atoms with Crippen LogP contribution in [0.15, 0.2) is 0 Å². The molecule has 1 heterocycles. The number of aromatic amines is 1. The minimum absolute atomic E-state index is 0.361. The summed E-state index contributed by atoms with van der Waals surface area (Å²) in [6.07, 6.45) is 3.69. The Labute approximate surface area is 90.4 Å². The van der Waals surface area contributed by atoms with Crippen LogP contribution in [0.2, 0.25) is 0 Å². The number of hydrogen-bond donors (Lipinski definition) is 2. The van der Waals surface area contributed by atoms with E-state index in [2.05, 4.69) is 24.0 Å². The van der Waals surface area contributed by atoms with E-state index in [0.29, 0.717) is 17.3 Å². The fourth-order valence-electron chi connectivity index (χ4n) is 3.33. The van der Waals surface area contributed by atoms with Crippen LogP contribution < -0.4 is 5.73 Å². The zero-order valence-electron chi connectivity index (χ0n) is 9.51. The smallest absolute Gasteiger partial charge is 0.0696 e. The maximum Gasteiger partial charge on any atom is 0.0696 e. The Morgan fingerprint density at radius 1 is 1.47 bits per heavy atom. The van der Waals surface area contributed by atoms with Crippen molar-refractivity contribution < 1.29 is 0 Å². The maximum atomic E-state index is 5.81. The van der Waals surface area contributed by atoms with Gasteiger partial charge in [0.1, 0.15) is 0 Å². The monoisotopic (exact) mass is 205 g/mol. The minimum Gasteiger partial charge on any atom is -0.330 e. The lowest BCUT2D eigenvalue weighted by Gasteiger charge is -2.01. The van der Waals surface area contributed by atoms with Crippen molar-refractivity contribution in [2.75, 3.05) is 6.54 Å². The molecule has 82 valence electrons. The molecule has 0 amide bonds. The Bertz CT molecular complexity index is 392. The summed E-state index contributed by atoms with van der Waals surface area (Å²) < 4.78 is 0. The maximum absolute atomic E-state index is 5.81. The third kappa shape index (κ3) is 1.13. The molecule has 0 aliphatic heterocycles. The van der Waals surface area contributed by atoms with Gasteiger partial charge in [-0.3, -0.25) is 5.10 Å². The lowest BCUT2D eigenvalue weighted by molar-refractivity contribution is 0.556. The Morgan fingerprint density at radius 2 is 2.27 bits per heavy atom. The standard InChI is InChI=1S/C12H19N3/c1-12(2)8(6-13)10(12)11-7-4-3-5-9(7)14-15-11/h8,10H,3-6,13H2,1-2H3,(H,14,15). The van der Waals surface area contributed by atoms with Gasteiger partial charge in [0.25, 0.3) is 0 Å². The number of aryl methyl sites for hydroxylation is 1. The molecule has 1 aromatic rings. The third-order valence-corrected chi connectivity index (χ3v) is 4.44. The average molecular weight is 205 g/mol. The Hall–Kier alpha value is -0.830. The molecule has 0 saturated heterocycles. The molecule has 0 bridgehead atoms. The number of rotatable bonds is 2. The zero-order chi connectivity index (χ0) is 10.6. The van der Waals surface area contributed by atoms with Crippen molar-refractivity contribution in [3.8, 4) is 0 Å². The van der Waals surface area contributed by atoms with Gasteiger partial charge in [0.15, 0.2) is 0 Å². The van der Waals surface area contributed by atoms with E-state index in [-0.39, 0.29) is 0 Å². The molecular formula is C12H19N3. The molecule has 3 nitrogen and oxygen atoms in total. The molecule has 15 heavy (non-hydrogen) atoms. The van der Waals surface area contributed by atoms with Crippen LogP contribution in [-0.2, 0) is 12.8 Å². The molecule has 0 radical (unpaired) electrons. The van der Waals surface area contributed by atoms with Gasteiger partial charge >= 0.3 is 0 Å². The highest BCUT2D eigenvalue weighted by Gasteiger charge is 2.59. The van der Waals surface area contributed by atoms with E-state index in [1.165, 1.54) is 36.2 Å². The number of nitrogens with one attached hydrogen (secondary N) is 1. The molecule has 3 N–H and O–H groups in total. The molecule has 2 atom stereocenters. The van der Waals surface area contributed by atoms with Crippen molar-refractivity contribution in [3.63, 3.8) is 0 Å². The molecule has 3 heteroatoms. The second kappa shape index (κ2) is 2.85. The Balaban J connectivity index is 1.95. The van der Waals surface area contributed by atoms with Crippen molar-refractivity contribution in [3.05, 3.63) is 17.0 Å². The number of aromatic nitrogens is 2. The van der Waals surface area contributed by atoms with Crippen LogP contribution >= 0.6 is 0 Å². The molecule has 2 aliphatic carbocycles. The van der Waals surface area contributed by atoms with E-state index in [1.54, 1.807) is 0 Å². The van der Waals surface area contributed by atoms with Crippen molar-refractivity contribution in [2.45, 2.75) is 39.0 Å². The Kier molecular flexibility index (Phi) is 1.78. The van der Waals surface area contributed by atoms with Gasteiger partial charge in [0.2, 0.25) is 0 Å². The van der Waals surface area contributed by atoms with Gasteiger partial charge in [-0.25, -0.2) is 0 Å². The van der Waals surface area contributed by atoms with Crippen LogP contribution in [0.3, 0.4) is 0 Å². The third-order valence-electron chi connectivity index (χ3n) is 4.44. The second-order valence-corrected chi connectivity index (χ2v) is 5.56. The molecule has 0 spiro atoms. The average Bonchev–Trinajstić information content (AvgIpc) is 2.61. The summed E-state index contributed by atoms with van der Waals surface area (Å²) in [5.41, 5.74) is 10.4. The number of H-pyrrole nitrogens is 1. The van der Waals surface area contributed by atoms with Crippen molar-refractivity contribution in [1.82, 2.24) is 10.2 Å². The summed E-state index contributed by atoms with van der Waals surface area (Å²) in [6.45, 7) is 5.41. The molecule has 2 aliphatic rings. The number of nitrogens with zero attached hydrogens (tertiary/aromatic N) is 1. The van der Waals surface area contributed by atoms with Crippen molar-refractivity contribution in [1.29, 1.82) is 0 Å². The molecule has 3 rings (SSSR count). The summed E-state index contributed by atoms with van der Waals surface area (Å²) in [7, 11) is 0. The number of fused-ring (bicyclic) bond motifs is 1. The predicted molar refractivity (Wildman–Crippen MR) is 59.7 cm³/mol. The van der Waals surface area contributed by atoms with Gasteiger partial charge in [-0.2, -0.15) is 5.10 Å². The van der Waals surface area contributed by atoms with Crippen LogP contribution in [0.25, 0.3) is 0 Å². The van der Waals surface area contributed by atoms with Gasteiger partial charge in [-0.1, -0.05) is 13.8 Å². The van der Waals surface area contributed by atoms with Gasteiger partial charge in [0.05, 0.1) is 5.69 Å². The first kappa shape index (κ1) is 9.40. The van der Waals surface area contributed by atoms with E-state index in [1.807, 2.05) is 0 Å². The normalized spacial score (nSPS) is 31.7. The highest BCUT2D eigenvalue weighted by Crippen LogP contribution is 2.64. The number of hydrogen-bond acceptors (Lipinski definition) is 2. The van der Waals surface area contributed by atoms with Crippen LogP contribution in [0, 0.1) is 11.3 Å². The van der Waals surface area contributed by atoms with E-state index >= 15 is 0 Å². The number of nitrogens with two attached hydrogens (primary N) is 1. The molecular weight excluding hydrogens is 186 g/mol. The van der Waals surface area contributed by atoms with E-state index in [0.717, 1.165) is 6.54 Å². The molecule has 0 aromatic carbocycles.